The number of carbonyl (C=O) groups is 1. The van der Waals surface area contributed by atoms with Crippen molar-refractivity contribution in [3.63, 3.8) is 0 Å². The summed E-state index contributed by atoms with van der Waals surface area (Å²) >= 11 is 0. The summed E-state index contributed by atoms with van der Waals surface area (Å²) in [7, 11) is 0. The number of ether oxygens (including phenoxy) is 1. The number of aryl methyl sites for hydroxylation is 1. The Balaban J connectivity index is 0.00000200. The van der Waals surface area contributed by atoms with Gasteiger partial charge in [-0.15, -0.1) is 12.4 Å². The van der Waals surface area contributed by atoms with Crippen molar-refractivity contribution in [2.24, 2.45) is 5.73 Å². The minimum absolute atomic E-state index is 0. The molecule has 1 heterocycles. The van der Waals surface area contributed by atoms with Crippen LogP contribution in [-0.2, 0) is 4.79 Å². The highest BCUT2D eigenvalue weighted by atomic mass is 35.5. The largest absolute Gasteiger partial charge is 0.480 e. The van der Waals surface area contributed by atoms with E-state index < -0.39 is 6.10 Å². The van der Waals surface area contributed by atoms with Crippen LogP contribution in [0.5, 0.6) is 5.75 Å². The molecule has 0 aromatic heterocycles. The van der Waals surface area contributed by atoms with Gasteiger partial charge in [0.15, 0.2) is 6.10 Å². The quantitative estimate of drug-likeness (QED) is 0.926. The number of hydrogen-bond donors (Lipinski definition) is 1. The Morgan fingerprint density at radius 2 is 2.20 bits per heavy atom. The third kappa shape index (κ3) is 3.87. The van der Waals surface area contributed by atoms with Gasteiger partial charge in [-0.3, -0.25) is 4.79 Å². The second-order valence-electron chi connectivity index (χ2n) is 5.11. The zero-order chi connectivity index (χ0) is 13.8. The molecular formula is C15H23ClN2O2. The number of nitrogens with two attached hydrogens (primary N) is 1. The Bertz CT molecular complexity index is 453. The minimum atomic E-state index is -0.411. The molecule has 1 aliphatic heterocycles. The Labute approximate surface area is 126 Å². The molecule has 0 spiro atoms. The highest BCUT2D eigenvalue weighted by molar-refractivity contribution is 5.85. The van der Waals surface area contributed by atoms with Gasteiger partial charge in [-0.05, 0) is 31.4 Å². The van der Waals surface area contributed by atoms with E-state index in [-0.39, 0.29) is 24.4 Å². The zero-order valence-corrected chi connectivity index (χ0v) is 12.9. The lowest BCUT2D eigenvalue weighted by atomic mass is 10.2. The van der Waals surface area contributed by atoms with E-state index in [4.69, 9.17) is 10.5 Å². The fourth-order valence-electron chi connectivity index (χ4n) is 2.34. The molecule has 1 saturated heterocycles. The molecule has 1 unspecified atom stereocenters. The van der Waals surface area contributed by atoms with Gasteiger partial charge in [0.05, 0.1) is 0 Å². The number of carbonyl (C=O) groups excluding carboxylic acids is 1. The number of rotatable bonds is 4. The van der Waals surface area contributed by atoms with Crippen molar-refractivity contribution in [2.75, 3.05) is 13.1 Å². The van der Waals surface area contributed by atoms with Crippen LogP contribution in [0.3, 0.4) is 0 Å². The van der Waals surface area contributed by atoms with Crippen molar-refractivity contribution < 1.29 is 9.53 Å². The first kappa shape index (κ1) is 16.8. The number of likely N-dealkylation sites (tertiary alicyclic amines) is 1. The molecule has 1 aliphatic rings. The molecule has 20 heavy (non-hydrogen) atoms. The first-order valence-electron chi connectivity index (χ1n) is 6.88. The Kier molecular flexibility index (Phi) is 6.30. The van der Waals surface area contributed by atoms with Gasteiger partial charge in [0.1, 0.15) is 5.75 Å². The molecule has 5 heteroatoms. The lowest BCUT2D eigenvalue weighted by Crippen LogP contribution is -2.41. The SMILES string of the molecule is CCC(Oc1ccccc1C)C(=O)N1CC[C@@H](N)C1.Cl. The summed E-state index contributed by atoms with van der Waals surface area (Å²) in [5.41, 5.74) is 6.89. The second-order valence-corrected chi connectivity index (χ2v) is 5.11. The molecule has 2 atom stereocenters. The molecule has 0 bridgehead atoms. The molecule has 1 aromatic rings. The summed E-state index contributed by atoms with van der Waals surface area (Å²) in [5.74, 6) is 0.838. The Hall–Kier alpha value is -1.26. The van der Waals surface area contributed by atoms with Gasteiger partial charge in [0, 0.05) is 19.1 Å². The predicted molar refractivity (Wildman–Crippen MR) is 82.3 cm³/mol. The molecule has 1 fully saturated rings. The predicted octanol–water partition coefficient (Wildman–Crippen LogP) is 2.13. The van der Waals surface area contributed by atoms with Crippen molar-refractivity contribution in [1.29, 1.82) is 0 Å². The van der Waals surface area contributed by atoms with E-state index in [1.165, 1.54) is 0 Å². The van der Waals surface area contributed by atoms with Crippen LogP contribution >= 0.6 is 12.4 Å². The summed E-state index contributed by atoms with van der Waals surface area (Å²) in [4.78, 5) is 14.2. The third-order valence-corrected chi connectivity index (χ3v) is 3.55. The maximum Gasteiger partial charge on any atom is 0.263 e. The highest BCUT2D eigenvalue weighted by Gasteiger charge is 2.29. The van der Waals surface area contributed by atoms with Crippen molar-refractivity contribution in [1.82, 2.24) is 4.90 Å². The number of para-hydroxylation sites is 1. The van der Waals surface area contributed by atoms with Crippen LogP contribution in [0, 0.1) is 6.92 Å². The van der Waals surface area contributed by atoms with E-state index in [0.29, 0.717) is 13.0 Å². The van der Waals surface area contributed by atoms with E-state index in [1.54, 1.807) is 0 Å². The molecule has 1 amide bonds. The first-order chi connectivity index (χ1) is 9.11. The molecule has 4 nitrogen and oxygen atoms in total. The van der Waals surface area contributed by atoms with Crippen LogP contribution in [0.15, 0.2) is 24.3 Å². The summed E-state index contributed by atoms with van der Waals surface area (Å²) in [6.45, 7) is 5.34. The van der Waals surface area contributed by atoms with E-state index in [1.807, 2.05) is 43.0 Å². The van der Waals surface area contributed by atoms with E-state index >= 15 is 0 Å². The van der Waals surface area contributed by atoms with Crippen LogP contribution in [0.4, 0.5) is 0 Å². The van der Waals surface area contributed by atoms with Gasteiger partial charge in [-0.25, -0.2) is 0 Å². The standard InChI is InChI=1S/C15H22N2O2.ClH/c1-3-13(15(18)17-9-8-12(16)10-17)19-14-7-5-4-6-11(14)2;/h4-7,12-13H,3,8-10,16H2,1-2H3;1H/t12-,13?;/m1./s1. The fraction of sp³-hybridized carbons (Fsp3) is 0.533. The van der Waals surface area contributed by atoms with Crippen molar-refractivity contribution in [3.8, 4) is 5.75 Å². The molecule has 2 N–H and O–H groups in total. The van der Waals surface area contributed by atoms with Crippen LogP contribution in [0.25, 0.3) is 0 Å². The molecule has 0 saturated carbocycles. The number of benzene rings is 1. The molecule has 0 aliphatic carbocycles. The summed E-state index contributed by atoms with van der Waals surface area (Å²) < 4.78 is 5.87. The molecule has 2 rings (SSSR count). The van der Waals surface area contributed by atoms with Crippen LogP contribution in [0.1, 0.15) is 25.3 Å². The number of nitrogens with zero attached hydrogens (tertiary/aromatic N) is 1. The van der Waals surface area contributed by atoms with E-state index in [9.17, 15) is 4.79 Å². The molecule has 0 radical (unpaired) electrons. The van der Waals surface area contributed by atoms with Gasteiger partial charge in [0.2, 0.25) is 0 Å². The first-order valence-corrected chi connectivity index (χ1v) is 6.88. The summed E-state index contributed by atoms with van der Waals surface area (Å²) in [6.07, 6.45) is 1.14. The monoisotopic (exact) mass is 298 g/mol. The average Bonchev–Trinajstić information content (AvgIpc) is 2.84. The minimum Gasteiger partial charge on any atom is -0.480 e. The van der Waals surface area contributed by atoms with Gasteiger partial charge in [0.25, 0.3) is 5.91 Å². The average molecular weight is 299 g/mol. The van der Waals surface area contributed by atoms with Gasteiger partial charge in [-0.1, -0.05) is 25.1 Å². The van der Waals surface area contributed by atoms with Gasteiger partial charge in [-0.2, -0.15) is 0 Å². The van der Waals surface area contributed by atoms with Gasteiger partial charge < -0.3 is 15.4 Å². The van der Waals surface area contributed by atoms with Crippen molar-refractivity contribution >= 4 is 18.3 Å². The summed E-state index contributed by atoms with van der Waals surface area (Å²) in [5, 5.41) is 0. The van der Waals surface area contributed by atoms with Gasteiger partial charge >= 0.3 is 0 Å². The fourth-order valence-corrected chi connectivity index (χ4v) is 2.34. The highest BCUT2D eigenvalue weighted by Crippen LogP contribution is 2.20. The molecule has 112 valence electrons. The maximum atomic E-state index is 12.4. The Morgan fingerprint density at radius 3 is 2.75 bits per heavy atom. The molecular weight excluding hydrogens is 276 g/mol. The third-order valence-electron chi connectivity index (χ3n) is 3.55. The lowest BCUT2D eigenvalue weighted by molar-refractivity contribution is -0.137. The molecule has 1 aromatic carbocycles. The smallest absolute Gasteiger partial charge is 0.263 e. The van der Waals surface area contributed by atoms with Crippen molar-refractivity contribution in [2.45, 2.75) is 38.8 Å². The number of hydrogen-bond acceptors (Lipinski definition) is 3. The normalized spacial score (nSPS) is 19.4. The topological polar surface area (TPSA) is 55.6 Å². The van der Waals surface area contributed by atoms with E-state index in [2.05, 4.69) is 0 Å². The van der Waals surface area contributed by atoms with E-state index in [0.717, 1.165) is 24.3 Å². The van der Waals surface area contributed by atoms with Crippen molar-refractivity contribution in [3.05, 3.63) is 29.8 Å². The second kappa shape index (κ2) is 7.50. The lowest BCUT2D eigenvalue weighted by Gasteiger charge is -2.24. The van der Waals surface area contributed by atoms with Crippen LogP contribution in [0.2, 0.25) is 0 Å². The summed E-state index contributed by atoms with van der Waals surface area (Å²) in [6, 6.07) is 7.88. The zero-order valence-electron chi connectivity index (χ0n) is 12.0. The maximum absolute atomic E-state index is 12.4. The number of halogens is 1. The number of amides is 1. The Morgan fingerprint density at radius 1 is 1.50 bits per heavy atom. The van der Waals surface area contributed by atoms with Crippen LogP contribution < -0.4 is 10.5 Å². The van der Waals surface area contributed by atoms with Crippen LogP contribution in [-0.4, -0.2) is 36.0 Å².